The Balaban J connectivity index is 2.22. The third kappa shape index (κ3) is 2.37. The second-order valence-electron chi connectivity index (χ2n) is 6.90. The first-order valence-electron chi connectivity index (χ1n) is 7.40. The van der Waals surface area contributed by atoms with E-state index in [2.05, 4.69) is 31.0 Å². The van der Waals surface area contributed by atoms with Gasteiger partial charge in [0.1, 0.15) is 0 Å². The summed E-state index contributed by atoms with van der Waals surface area (Å²) in [5.74, 6) is 0.253. The normalized spacial score (nSPS) is 16.7. The number of carbonyl (C=O) groups is 1. The van der Waals surface area contributed by atoms with E-state index in [-0.39, 0.29) is 11.2 Å². The zero-order valence-electron chi connectivity index (χ0n) is 13.2. The highest BCUT2D eigenvalue weighted by Crippen LogP contribution is 2.43. The molecule has 110 valence electrons. The Morgan fingerprint density at radius 3 is 2.38 bits per heavy atom. The molecule has 0 aliphatic heterocycles. The predicted molar refractivity (Wildman–Crippen MR) is 87.0 cm³/mol. The summed E-state index contributed by atoms with van der Waals surface area (Å²) in [5.41, 5.74) is 5.21. The Labute approximate surface area is 126 Å². The Bertz CT molecular complexity index is 681. The highest BCUT2D eigenvalue weighted by Gasteiger charge is 2.36. The Hall–Kier alpha value is -2.03. The zero-order valence-corrected chi connectivity index (χ0v) is 13.2. The SMILES string of the molecule is CN(C)c1c(-c2ccccc2)[nH]c2c1C(=O)CC(C)(C)C2. The molecule has 0 unspecified atom stereocenters. The number of H-pyrrole nitrogens is 1. The van der Waals surface area contributed by atoms with Gasteiger partial charge >= 0.3 is 0 Å². The summed E-state index contributed by atoms with van der Waals surface area (Å²) in [6.45, 7) is 4.32. The number of hydrogen-bond donors (Lipinski definition) is 1. The number of rotatable bonds is 2. The number of aromatic nitrogens is 1. The number of fused-ring (bicyclic) bond motifs is 1. The fraction of sp³-hybridized carbons (Fsp3) is 0.389. The molecule has 0 saturated heterocycles. The van der Waals surface area contributed by atoms with Gasteiger partial charge in [-0.2, -0.15) is 0 Å². The number of aromatic amines is 1. The molecule has 3 rings (SSSR count). The summed E-state index contributed by atoms with van der Waals surface area (Å²) < 4.78 is 0. The summed E-state index contributed by atoms with van der Waals surface area (Å²) in [7, 11) is 4.01. The molecule has 21 heavy (non-hydrogen) atoms. The summed E-state index contributed by atoms with van der Waals surface area (Å²) in [4.78, 5) is 18.2. The lowest BCUT2D eigenvalue weighted by Gasteiger charge is -2.29. The minimum absolute atomic E-state index is 0.0342. The molecule has 1 N–H and O–H groups in total. The standard InChI is InChI=1S/C18H22N2O/c1-18(2)10-13-15(14(21)11-18)17(20(3)4)16(19-13)12-8-6-5-7-9-12/h5-9,19H,10-11H2,1-4H3. The van der Waals surface area contributed by atoms with Crippen LogP contribution < -0.4 is 4.90 Å². The van der Waals surface area contributed by atoms with Gasteiger partial charge in [-0.1, -0.05) is 44.2 Å². The third-order valence-electron chi connectivity index (χ3n) is 4.13. The van der Waals surface area contributed by atoms with Crippen LogP contribution in [0.3, 0.4) is 0 Å². The van der Waals surface area contributed by atoms with E-state index >= 15 is 0 Å². The monoisotopic (exact) mass is 282 g/mol. The van der Waals surface area contributed by atoms with Gasteiger partial charge in [0.05, 0.1) is 16.9 Å². The van der Waals surface area contributed by atoms with Crippen LogP contribution in [0.1, 0.15) is 36.3 Å². The minimum atomic E-state index is 0.0342. The fourth-order valence-corrected chi connectivity index (χ4v) is 3.30. The van der Waals surface area contributed by atoms with Crippen LogP contribution in [0.15, 0.2) is 30.3 Å². The number of anilines is 1. The highest BCUT2D eigenvalue weighted by atomic mass is 16.1. The fourth-order valence-electron chi connectivity index (χ4n) is 3.30. The lowest BCUT2D eigenvalue weighted by molar-refractivity contribution is 0.0912. The first-order valence-corrected chi connectivity index (χ1v) is 7.40. The molecular formula is C18H22N2O. The van der Waals surface area contributed by atoms with Crippen molar-refractivity contribution in [3.05, 3.63) is 41.6 Å². The van der Waals surface area contributed by atoms with Crippen molar-refractivity contribution in [2.24, 2.45) is 5.41 Å². The van der Waals surface area contributed by atoms with Crippen molar-refractivity contribution in [1.29, 1.82) is 0 Å². The predicted octanol–water partition coefficient (Wildman–Crippen LogP) is 3.90. The molecule has 1 aromatic heterocycles. The van der Waals surface area contributed by atoms with Crippen LogP contribution in [-0.2, 0) is 6.42 Å². The molecule has 0 spiro atoms. The maximum absolute atomic E-state index is 12.6. The summed E-state index contributed by atoms with van der Waals surface area (Å²) in [6, 6.07) is 10.2. The van der Waals surface area contributed by atoms with Gasteiger partial charge in [0, 0.05) is 31.8 Å². The largest absolute Gasteiger partial charge is 0.375 e. The van der Waals surface area contributed by atoms with E-state index in [0.29, 0.717) is 6.42 Å². The summed E-state index contributed by atoms with van der Waals surface area (Å²) >= 11 is 0. The Kier molecular flexibility index (Phi) is 3.16. The maximum Gasteiger partial charge on any atom is 0.167 e. The van der Waals surface area contributed by atoms with Crippen molar-refractivity contribution in [1.82, 2.24) is 4.98 Å². The third-order valence-corrected chi connectivity index (χ3v) is 4.13. The van der Waals surface area contributed by atoms with Gasteiger partial charge < -0.3 is 9.88 Å². The number of ketones is 1. The van der Waals surface area contributed by atoms with Crippen LogP contribution in [0, 0.1) is 5.41 Å². The van der Waals surface area contributed by atoms with Crippen molar-refractivity contribution in [3.8, 4) is 11.3 Å². The second-order valence-corrected chi connectivity index (χ2v) is 6.90. The van der Waals surface area contributed by atoms with E-state index in [9.17, 15) is 4.79 Å². The molecule has 3 nitrogen and oxygen atoms in total. The van der Waals surface area contributed by atoms with E-state index in [1.54, 1.807) is 0 Å². The first-order chi connectivity index (χ1) is 9.89. The van der Waals surface area contributed by atoms with E-state index in [1.165, 1.54) is 0 Å². The minimum Gasteiger partial charge on any atom is -0.375 e. The van der Waals surface area contributed by atoms with Crippen LogP contribution in [0.25, 0.3) is 11.3 Å². The topological polar surface area (TPSA) is 36.1 Å². The van der Waals surface area contributed by atoms with Gasteiger partial charge in [-0.15, -0.1) is 0 Å². The molecule has 1 heterocycles. The Morgan fingerprint density at radius 2 is 1.76 bits per heavy atom. The molecule has 0 amide bonds. The van der Waals surface area contributed by atoms with Crippen molar-refractivity contribution >= 4 is 11.5 Å². The van der Waals surface area contributed by atoms with Crippen LogP contribution in [0.4, 0.5) is 5.69 Å². The number of hydrogen-bond acceptors (Lipinski definition) is 2. The van der Waals surface area contributed by atoms with Crippen LogP contribution in [-0.4, -0.2) is 24.9 Å². The van der Waals surface area contributed by atoms with E-state index in [1.807, 2.05) is 37.2 Å². The highest BCUT2D eigenvalue weighted by molar-refractivity contribution is 6.07. The van der Waals surface area contributed by atoms with Gasteiger partial charge in [0.15, 0.2) is 5.78 Å². The molecule has 0 atom stereocenters. The van der Waals surface area contributed by atoms with Crippen LogP contribution in [0.5, 0.6) is 0 Å². The lowest BCUT2D eigenvalue weighted by atomic mass is 9.76. The van der Waals surface area contributed by atoms with Crippen molar-refractivity contribution in [2.75, 3.05) is 19.0 Å². The quantitative estimate of drug-likeness (QED) is 0.906. The molecular weight excluding hydrogens is 260 g/mol. The number of benzene rings is 1. The van der Waals surface area contributed by atoms with Gasteiger partial charge in [0.25, 0.3) is 0 Å². The van der Waals surface area contributed by atoms with Crippen LogP contribution in [0.2, 0.25) is 0 Å². The summed E-state index contributed by atoms with van der Waals surface area (Å²) in [6.07, 6.45) is 1.54. The molecule has 2 aromatic rings. The number of nitrogens with one attached hydrogen (secondary N) is 1. The lowest BCUT2D eigenvalue weighted by Crippen LogP contribution is -2.27. The molecule has 1 aromatic carbocycles. The molecule has 0 fully saturated rings. The Morgan fingerprint density at radius 1 is 1.10 bits per heavy atom. The maximum atomic E-state index is 12.6. The second kappa shape index (κ2) is 4.76. The van der Waals surface area contributed by atoms with Gasteiger partial charge in [-0.05, 0) is 11.8 Å². The van der Waals surface area contributed by atoms with Gasteiger partial charge in [-0.3, -0.25) is 4.79 Å². The zero-order chi connectivity index (χ0) is 15.2. The first kappa shape index (κ1) is 13.9. The van der Waals surface area contributed by atoms with E-state index in [4.69, 9.17) is 0 Å². The smallest absolute Gasteiger partial charge is 0.167 e. The number of nitrogens with zero attached hydrogens (tertiary/aromatic N) is 1. The van der Waals surface area contributed by atoms with Crippen LogP contribution >= 0.6 is 0 Å². The number of Topliss-reactive ketones (excluding diaryl/α,β-unsaturated/α-hetero) is 1. The average molecular weight is 282 g/mol. The average Bonchev–Trinajstić information content (AvgIpc) is 2.77. The van der Waals surface area contributed by atoms with Crippen molar-refractivity contribution in [3.63, 3.8) is 0 Å². The molecule has 3 heteroatoms. The van der Waals surface area contributed by atoms with Gasteiger partial charge in [0.2, 0.25) is 0 Å². The molecule has 0 saturated carbocycles. The van der Waals surface area contributed by atoms with E-state index in [0.717, 1.165) is 34.6 Å². The molecule has 1 aliphatic rings. The van der Waals surface area contributed by atoms with Crippen molar-refractivity contribution in [2.45, 2.75) is 26.7 Å². The summed E-state index contributed by atoms with van der Waals surface area (Å²) in [5, 5.41) is 0. The molecule has 1 aliphatic carbocycles. The van der Waals surface area contributed by atoms with Crippen molar-refractivity contribution < 1.29 is 4.79 Å². The molecule has 0 radical (unpaired) electrons. The van der Waals surface area contributed by atoms with E-state index < -0.39 is 0 Å². The molecule has 0 bridgehead atoms. The number of carbonyl (C=O) groups excluding carboxylic acids is 1. The van der Waals surface area contributed by atoms with Gasteiger partial charge in [-0.25, -0.2) is 0 Å².